The number of likely N-dealkylation sites (N-methyl/N-ethyl adjacent to an activating group) is 1. The van der Waals surface area contributed by atoms with Gasteiger partial charge in [-0.2, -0.15) is 0 Å². The number of aromatic hydroxyl groups is 1. The largest absolute Gasteiger partial charge is 0.504 e. The third kappa shape index (κ3) is 3.76. The maximum absolute atomic E-state index is 13.4. The number of halogens is 1. The maximum atomic E-state index is 13.4. The summed E-state index contributed by atoms with van der Waals surface area (Å²) < 4.78 is 7.57. The van der Waals surface area contributed by atoms with Gasteiger partial charge in [-0.25, -0.2) is 0 Å². The highest BCUT2D eigenvalue weighted by molar-refractivity contribution is 9.10. The standard InChI is InChI=1S/C32H31BrN2O4S/c1-34(27(37)10-8-23-18-22(33)19-40-23)24-11-13-32(38)26-17-21-7-9-25(36)29-28(21)31(32,30(24)39-29)14-16-35(26)15-12-20-5-3-2-4-6-20/h2-11,13,18-19,24,26,30,36,38H,12,14-17H2,1H3/b10-8+/t24-,26-,30+,31+,32-/m1/s1. The van der Waals surface area contributed by atoms with Crippen LogP contribution in [0.15, 0.2) is 76.6 Å². The van der Waals surface area contributed by atoms with Gasteiger partial charge in [0.1, 0.15) is 11.7 Å². The Morgan fingerprint density at radius 1 is 1.27 bits per heavy atom. The van der Waals surface area contributed by atoms with Crippen LogP contribution in [0.2, 0.25) is 0 Å². The van der Waals surface area contributed by atoms with E-state index < -0.39 is 23.2 Å². The molecule has 1 amide bonds. The zero-order valence-corrected chi connectivity index (χ0v) is 24.6. The Morgan fingerprint density at radius 3 is 2.88 bits per heavy atom. The fraction of sp³-hybridized carbons (Fsp3) is 0.344. The number of carbonyl (C=O) groups is 1. The van der Waals surface area contributed by atoms with Crippen LogP contribution in [-0.4, -0.2) is 69.8 Å². The second-order valence-electron chi connectivity index (χ2n) is 11.3. The van der Waals surface area contributed by atoms with E-state index in [4.69, 9.17) is 4.74 Å². The Kier molecular flexibility index (Phi) is 6.23. The lowest BCUT2D eigenvalue weighted by molar-refractivity contribution is -0.154. The number of amides is 1. The average Bonchev–Trinajstić information content (AvgIpc) is 3.53. The number of benzene rings is 2. The molecule has 0 radical (unpaired) electrons. The molecule has 206 valence electrons. The van der Waals surface area contributed by atoms with E-state index in [-0.39, 0.29) is 17.7 Å². The number of phenolic OH excluding ortho intramolecular Hbond substituents is 1. The Hall–Kier alpha value is -2.91. The third-order valence-corrected chi connectivity index (χ3v) is 11.1. The summed E-state index contributed by atoms with van der Waals surface area (Å²) in [6.07, 6.45) is 9.03. The molecule has 3 aromatic rings. The van der Waals surface area contributed by atoms with E-state index in [1.165, 1.54) is 5.56 Å². The lowest BCUT2D eigenvalue weighted by atomic mass is 9.50. The van der Waals surface area contributed by atoms with Crippen molar-refractivity contribution < 1.29 is 19.7 Å². The van der Waals surface area contributed by atoms with Gasteiger partial charge in [0.05, 0.1) is 11.5 Å². The quantitative estimate of drug-likeness (QED) is 0.303. The minimum atomic E-state index is -1.18. The van der Waals surface area contributed by atoms with Gasteiger partial charge >= 0.3 is 0 Å². The Labute approximate surface area is 246 Å². The summed E-state index contributed by atoms with van der Waals surface area (Å²) in [4.78, 5) is 18.5. The molecule has 0 saturated carbocycles. The number of likely N-dealkylation sites (tertiary alicyclic amines) is 1. The number of hydrogen-bond acceptors (Lipinski definition) is 6. The predicted molar refractivity (Wildman–Crippen MR) is 160 cm³/mol. The zero-order valence-electron chi connectivity index (χ0n) is 22.2. The first-order chi connectivity index (χ1) is 19.3. The van der Waals surface area contributed by atoms with Crippen molar-refractivity contribution in [1.82, 2.24) is 9.80 Å². The monoisotopic (exact) mass is 618 g/mol. The number of carbonyl (C=O) groups excluding carboxylic acids is 1. The van der Waals surface area contributed by atoms with Crippen LogP contribution in [-0.2, 0) is 23.1 Å². The SMILES string of the molecule is CN(C(=O)/C=C/c1cc(Br)cs1)[C@@H]1C=C[C@@]2(O)[C@H]3Cc4ccc(O)c5c4[C@@]2(CCN3CCc2ccccc2)[C@H]1O5. The molecule has 7 rings (SSSR count). The van der Waals surface area contributed by atoms with Gasteiger partial charge in [0.25, 0.3) is 0 Å². The summed E-state index contributed by atoms with van der Waals surface area (Å²) in [7, 11) is 1.79. The molecule has 8 heteroatoms. The van der Waals surface area contributed by atoms with Gasteiger partial charge in [-0.15, -0.1) is 11.3 Å². The van der Waals surface area contributed by atoms with Crippen LogP contribution in [0.4, 0.5) is 0 Å². The van der Waals surface area contributed by atoms with Crippen molar-refractivity contribution in [3.63, 3.8) is 0 Å². The fourth-order valence-electron chi connectivity index (χ4n) is 7.52. The number of piperidine rings is 1. The molecule has 5 atom stereocenters. The highest BCUT2D eigenvalue weighted by Crippen LogP contribution is 2.64. The van der Waals surface area contributed by atoms with Crippen molar-refractivity contribution in [3.8, 4) is 11.5 Å². The lowest BCUT2D eigenvalue weighted by Crippen LogP contribution is -2.76. The van der Waals surface area contributed by atoms with Crippen LogP contribution in [0, 0.1) is 0 Å². The fourth-order valence-corrected chi connectivity index (χ4v) is 8.86. The van der Waals surface area contributed by atoms with E-state index in [0.29, 0.717) is 18.6 Å². The van der Waals surface area contributed by atoms with Crippen molar-refractivity contribution in [1.29, 1.82) is 0 Å². The number of thiophene rings is 1. The molecule has 6 nitrogen and oxygen atoms in total. The number of rotatable bonds is 6. The van der Waals surface area contributed by atoms with E-state index in [9.17, 15) is 15.0 Å². The highest BCUT2D eigenvalue weighted by Gasteiger charge is 2.72. The van der Waals surface area contributed by atoms with Crippen LogP contribution in [0.5, 0.6) is 11.5 Å². The van der Waals surface area contributed by atoms with Crippen molar-refractivity contribution in [2.45, 2.75) is 48.5 Å². The molecule has 2 aliphatic heterocycles. The van der Waals surface area contributed by atoms with Crippen LogP contribution in [0.25, 0.3) is 6.08 Å². The van der Waals surface area contributed by atoms with Crippen molar-refractivity contribution >= 4 is 39.2 Å². The molecule has 2 aromatic carbocycles. The van der Waals surface area contributed by atoms with Gasteiger partial charge in [-0.3, -0.25) is 9.69 Å². The molecule has 1 spiro atoms. The van der Waals surface area contributed by atoms with E-state index in [2.05, 4.69) is 45.1 Å². The first-order valence-corrected chi connectivity index (χ1v) is 15.4. The molecular formula is C32H31BrN2O4S. The van der Waals surface area contributed by atoms with Crippen molar-refractivity contribution in [2.75, 3.05) is 20.1 Å². The van der Waals surface area contributed by atoms with Gasteiger partial charge in [-0.05, 0) is 71.1 Å². The summed E-state index contributed by atoms with van der Waals surface area (Å²) in [6, 6.07) is 15.6. The summed E-state index contributed by atoms with van der Waals surface area (Å²) in [6.45, 7) is 1.65. The average molecular weight is 620 g/mol. The first-order valence-electron chi connectivity index (χ1n) is 13.7. The smallest absolute Gasteiger partial charge is 0.246 e. The van der Waals surface area contributed by atoms with Gasteiger partial charge in [-0.1, -0.05) is 48.6 Å². The number of nitrogens with zero attached hydrogens (tertiary/aromatic N) is 2. The number of aliphatic hydroxyl groups is 1. The topological polar surface area (TPSA) is 73.2 Å². The third-order valence-electron chi connectivity index (χ3n) is 9.43. The minimum absolute atomic E-state index is 0.0886. The van der Waals surface area contributed by atoms with Crippen molar-refractivity contribution in [3.05, 3.63) is 98.2 Å². The van der Waals surface area contributed by atoms with Gasteiger partial charge in [0.2, 0.25) is 5.91 Å². The second-order valence-corrected chi connectivity index (χ2v) is 13.2. The maximum Gasteiger partial charge on any atom is 0.246 e. The normalized spacial score (nSPS) is 29.8. The van der Waals surface area contributed by atoms with E-state index in [0.717, 1.165) is 40.0 Å². The van der Waals surface area contributed by atoms with Crippen molar-refractivity contribution in [2.24, 2.45) is 0 Å². The molecule has 40 heavy (non-hydrogen) atoms. The van der Waals surface area contributed by atoms with Crippen LogP contribution >= 0.6 is 27.3 Å². The molecule has 0 unspecified atom stereocenters. The molecule has 2 N–H and O–H groups in total. The molecular weight excluding hydrogens is 588 g/mol. The predicted octanol–water partition coefficient (Wildman–Crippen LogP) is 4.93. The lowest BCUT2D eigenvalue weighted by Gasteiger charge is -2.62. The number of ether oxygens (including phenoxy) is 1. The van der Waals surface area contributed by atoms with Crippen LogP contribution in [0.3, 0.4) is 0 Å². The molecule has 4 aliphatic rings. The van der Waals surface area contributed by atoms with Gasteiger partial charge in [0, 0.05) is 46.0 Å². The van der Waals surface area contributed by atoms with E-state index in [1.54, 1.807) is 35.4 Å². The Morgan fingerprint density at radius 2 is 2.10 bits per heavy atom. The van der Waals surface area contributed by atoms with Crippen LogP contribution < -0.4 is 4.74 Å². The molecule has 2 aliphatic carbocycles. The Bertz CT molecular complexity index is 1540. The molecule has 1 fully saturated rings. The molecule has 1 aromatic heterocycles. The number of phenols is 1. The first kappa shape index (κ1) is 26.0. The molecule has 1 saturated heterocycles. The molecule has 2 bridgehead atoms. The zero-order chi connectivity index (χ0) is 27.6. The summed E-state index contributed by atoms with van der Waals surface area (Å²) in [5, 5.41) is 25.5. The van der Waals surface area contributed by atoms with Crippen LogP contribution in [0.1, 0.15) is 28.0 Å². The minimum Gasteiger partial charge on any atom is -0.504 e. The molecule has 3 heterocycles. The summed E-state index contributed by atoms with van der Waals surface area (Å²) in [5.41, 5.74) is 1.38. The highest BCUT2D eigenvalue weighted by atomic mass is 79.9. The number of hydrogen-bond donors (Lipinski definition) is 2. The summed E-state index contributed by atoms with van der Waals surface area (Å²) >= 11 is 5.02. The second kappa shape index (κ2) is 9.58. The summed E-state index contributed by atoms with van der Waals surface area (Å²) in [5.74, 6) is 0.411. The van der Waals surface area contributed by atoms with Gasteiger partial charge in [0.15, 0.2) is 11.5 Å². The van der Waals surface area contributed by atoms with E-state index in [1.807, 2.05) is 41.8 Å². The van der Waals surface area contributed by atoms with Gasteiger partial charge < -0.3 is 19.8 Å². The van der Waals surface area contributed by atoms with E-state index >= 15 is 0 Å². The Balaban J connectivity index is 1.24.